The molecule has 1 aromatic carbocycles. The number of rotatable bonds is 4. The Morgan fingerprint density at radius 2 is 2.29 bits per heavy atom. The number of nitrogens with two attached hydrogens (primary N) is 1. The van der Waals surface area contributed by atoms with Crippen molar-refractivity contribution in [1.29, 1.82) is 0 Å². The molecule has 0 spiro atoms. The molecule has 0 fully saturated rings. The Morgan fingerprint density at radius 3 is 3.00 bits per heavy atom. The van der Waals surface area contributed by atoms with Gasteiger partial charge in [0.05, 0.1) is 13.0 Å². The summed E-state index contributed by atoms with van der Waals surface area (Å²) in [6.07, 6.45) is 1.12. The minimum atomic E-state index is 0.0648. The van der Waals surface area contributed by atoms with Crippen LogP contribution in [0.4, 0.5) is 0 Å². The van der Waals surface area contributed by atoms with E-state index in [1.165, 1.54) is 5.56 Å². The Balaban J connectivity index is 2.06. The fraction of sp³-hybridized carbons (Fsp3) is 0.385. The van der Waals surface area contributed by atoms with E-state index in [1.807, 2.05) is 25.1 Å². The summed E-state index contributed by atoms with van der Waals surface area (Å²) in [5.41, 5.74) is 8.66. The maximum absolute atomic E-state index is 11.7. The van der Waals surface area contributed by atoms with Crippen molar-refractivity contribution in [3.05, 3.63) is 35.4 Å². The number of carbonyl (C=O) groups is 1. The van der Waals surface area contributed by atoms with Gasteiger partial charge >= 0.3 is 0 Å². The van der Waals surface area contributed by atoms with Crippen molar-refractivity contribution in [3.63, 3.8) is 0 Å². The first kappa shape index (κ1) is 11.8. The molecule has 1 aromatic rings. The summed E-state index contributed by atoms with van der Waals surface area (Å²) >= 11 is 0. The molecule has 4 nitrogen and oxygen atoms in total. The molecule has 0 bridgehead atoms. The Kier molecular flexibility index (Phi) is 3.54. The number of aryl methyl sites for hydroxylation is 1. The van der Waals surface area contributed by atoms with E-state index in [9.17, 15) is 4.79 Å². The quantitative estimate of drug-likeness (QED) is 0.852. The topological polar surface area (TPSA) is 58.7 Å². The summed E-state index contributed by atoms with van der Waals surface area (Å²) in [4.78, 5) is 11.7. The van der Waals surface area contributed by atoms with Crippen LogP contribution in [0.5, 0.6) is 0 Å². The van der Waals surface area contributed by atoms with Crippen LogP contribution in [0.2, 0.25) is 0 Å². The van der Waals surface area contributed by atoms with E-state index in [4.69, 9.17) is 5.73 Å². The zero-order chi connectivity index (χ0) is 12.3. The average Bonchev–Trinajstić information content (AvgIpc) is 2.60. The standard InChI is InChI=1S/C13H17N3O/c1-10-3-2-4-11(7-10)9-16-13(17)8-12(15-16)5-6-14/h2-4,7H,5-6,8-9,14H2,1H3. The highest BCUT2D eigenvalue weighted by Gasteiger charge is 2.22. The third-order valence-corrected chi connectivity index (χ3v) is 2.75. The third kappa shape index (κ3) is 2.91. The van der Waals surface area contributed by atoms with Crippen molar-refractivity contribution in [2.45, 2.75) is 26.3 Å². The molecule has 4 heteroatoms. The van der Waals surface area contributed by atoms with Gasteiger partial charge in [-0.05, 0) is 19.0 Å². The molecular formula is C13H17N3O. The zero-order valence-corrected chi connectivity index (χ0v) is 10.0. The van der Waals surface area contributed by atoms with Crippen molar-refractivity contribution in [2.24, 2.45) is 10.8 Å². The summed E-state index contributed by atoms with van der Waals surface area (Å²) in [6.45, 7) is 3.14. The Hall–Kier alpha value is -1.68. The van der Waals surface area contributed by atoms with Crippen molar-refractivity contribution >= 4 is 11.6 Å². The molecule has 0 aromatic heterocycles. The molecule has 2 rings (SSSR count). The van der Waals surface area contributed by atoms with Gasteiger partial charge in [-0.2, -0.15) is 5.10 Å². The molecule has 1 heterocycles. The first-order valence-corrected chi connectivity index (χ1v) is 5.81. The van der Waals surface area contributed by atoms with Crippen LogP contribution in [-0.4, -0.2) is 23.2 Å². The van der Waals surface area contributed by atoms with Crippen molar-refractivity contribution in [3.8, 4) is 0 Å². The van der Waals surface area contributed by atoms with Gasteiger partial charge in [-0.25, -0.2) is 5.01 Å². The van der Waals surface area contributed by atoms with Crippen LogP contribution in [0.3, 0.4) is 0 Å². The maximum atomic E-state index is 11.7. The fourth-order valence-corrected chi connectivity index (χ4v) is 1.94. The molecule has 1 amide bonds. The van der Waals surface area contributed by atoms with Crippen LogP contribution < -0.4 is 5.73 Å². The predicted octanol–water partition coefficient (Wildman–Crippen LogP) is 1.43. The molecule has 0 radical (unpaired) electrons. The first-order chi connectivity index (χ1) is 8.19. The van der Waals surface area contributed by atoms with Crippen molar-refractivity contribution < 1.29 is 4.79 Å². The predicted molar refractivity (Wildman–Crippen MR) is 67.5 cm³/mol. The first-order valence-electron chi connectivity index (χ1n) is 5.81. The summed E-state index contributed by atoms with van der Waals surface area (Å²) in [6, 6.07) is 8.12. The van der Waals surface area contributed by atoms with E-state index in [0.29, 0.717) is 25.9 Å². The molecule has 1 aliphatic heterocycles. The minimum Gasteiger partial charge on any atom is -0.330 e. The van der Waals surface area contributed by atoms with E-state index in [0.717, 1.165) is 11.3 Å². The van der Waals surface area contributed by atoms with Crippen LogP contribution in [-0.2, 0) is 11.3 Å². The molecule has 1 aliphatic rings. The summed E-state index contributed by atoms with van der Waals surface area (Å²) in [5.74, 6) is 0.0648. The molecule has 0 saturated heterocycles. The van der Waals surface area contributed by atoms with E-state index in [1.54, 1.807) is 5.01 Å². The number of amides is 1. The van der Waals surface area contributed by atoms with Crippen LogP contribution >= 0.6 is 0 Å². The molecule has 2 N–H and O–H groups in total. The maximum Gasteiger partial charge on any atom is 0.248 e. The van der Waals surface area contributed by atoms with Gasteiger partial charge in [0.15, 0.2) is 0 Å². The zero-order valence-electron chi connectivity index (χ0n) is 10.0. The average molecular weight is 231 g/mol. The van der Waals surface area contributed by atoms with Crippen LogP contribution in [0.1, 0.15) is 24.0 Å². The van der Waals surface area contributed by atoms with Gasteiger partial charge in [0.1, 0.15) is 0 Å². The van der Waals surface area contributed by atoms with Crippen LogP contribution in [0.15, 0.2) is 29.4 Å². The molecule has 0 aliphatic carbocycles. The van der Waals surface area contributed by atoms with E-state index >= 15 is 0 Å². The van der Waals surface area contributed by atoms with E-state index in [2.05, 4.69) is 11.2 Å². The lowest BCUT2D eigenvalue weighted by Gasteiger charge is -2.11. The lowest BCUT2D eigenvalue weighted by Crippen LogP contribution is -2.20. The minimum absolute atomic E-state index is 0.0648. The molecular weight excluding hydrogens is 214 g/mol. The lowest BCUT2D eigenvalue weighted by molar-refractivity contribution is -0.129. The number of carbonyl (C=O) groups excluding carboxylic acids is 1. The van der Waals surface area contributed by atoms with Gasteiger partial charge in [-0.1, -0.05) is 29.8 Å². The van der Waals surface area contributed by atoms with Crippen LogP contribution in [0.25, 0.3) is 0 Å². The van der Waals surface area contributed by atoms with Gasteiger partial charge in [0.2, 0.25) is 5.91 Å². The second kappa shape index (κ2) is 5.10. The second-order valence-electron chi connectivity index (χ2n) is 4.32. The lowest BCUT2D eigenvalue weighted by atomic mass is 10.1. The number of hydrogen-bond donors (Lipinski definition) is 1. The van der Waals surface area contributed by atoms with Crippen molar-refractivity contribution in [2.75, 3.05) is 6.54 Å². The summed E-state index contributed by atoms with van der Waals surface area (Å²) in [5, 5.41) is 5.85. The van der Waals surface area contributed by atoms with E-state index in [-0.39, 0.29) is 5.91 Å². The Bertz CT molecular complexity index is 454. The smallest absolute Gasteiger partial charge is 0.248 e. The summed E-state index contributed by atoms with van der Waals surface area (Å²) < 4.78 is 0. The Morgan fingerprint density at radius 1 is 1.47 bits per heavy atom. The Labute approximate surface area is 101 Å². The molecule has 17 heavy (non-hydrogen) atoms. The highest BCUT2D eigenvalue weighted by atomic mass is 16.2. The van der Waals surface area contributed by atoms with Gasteiger partial charge in [0.25, 0.3) is 0 Å². The number of hydrogen-bond acceptors (Lipinski definition) is 3. The normalized spacial score (nSPS) is 15.3. The largest absolute Gasteiger partial charge is 0.330 e. The molecule has 0 saturated carbocycles. The highest BCUT2D eigenvalue weighted by Crippen LogP contribution is 2.15. The number of hydrazone groups is 1. The molecule has 0 unspecified atom stereocenters. The fourth-order valence-electron chi connectivity index (χ4n) is 1.94. The molecule has 0 atom stereocenters. The van der Waals surface area contributed by atoms with Crippen molar-refractivity contribution in [1.82, 2.24) is 5.01 Å². The van der Waals surface area contributed by atoms with Gasteiger partial charge < -0.3 is 5.73 Å². The second-order valence-corrected chi connectivity index (χ2v) is 4.32. The van der Waals surface area contributed by atoms with Gasteiger partial charge in [-0.3, -0.25) is 4.79 Å². The summed E-state index contributed by atoms with van der Waals surface area (Å²) in [7, 11) is 0. The molecule has 90 valence electrons. The van der Waals surface area contributed by atoms with Crippen LogP contribution in [0, 0.1) is 6.92 Å². The number of nitrogens with zero attached hydrogens (tertiary/aromatic N) is 2. The number of benzene rings is 1. The van der Waals surface area contributed by atoms with Gasteiger partial charge in [-0.15, -0.1) is 0 Å². The third-order valence-electron chi connectivity index (χ3n) is 2.75. The van der Waals surface area contributed by atoms with Gasteiger partial charge in [0, 0.05) is 12.1 Å². The SMILES string of the molecule is Cc1cccc(CN2N=C(CCN)CC2=O)c1. The monoisotopic (exact) mass is 231 g/mol. The highest BCUT2D eigenvalue weighted by molar-refractivity contribution is 6.04. The van der Waals surface area contributed by atoms with E-state index < -0.39 is 0 Å².